The zero-order valence-electron chi connectivity index (χ0n) is 20.5. The normalized spacial score (nSPS) is 14.1. The third-order valence-electron chi connectivity index (χ3n) is 6.36. The van der Waals surface area contributed by atoms with Crippen LogP contribution in [0.25, 0.3) is 11.3 Å². The van der Waals surface area contributed by atoms with Crippen molar-refractivity contribution in [3.63, 3.8) is 0 Å². The highest BCUT2D eigenvalue weighted by Crippen LogP contribution is 2.32. The lowest BCUT2D eigenvalue weighted by molar-refractivity contribution is 0.0320. The number of nitrogens with zero attached hydrogens (tertiary/aromatic N) is 4. The summed E-state index contributed by atoms with van der Waals surface area (Å²) in [7, 11) is 0. The Kier molecular flexibility index (Phi) is 8.50. The number of amides is 1. The maximum atomic E-state index is 14.0. The van der Waals surface area contributed by atoms with Crippen molar-refractivity contribution >= 4 is 11.8 Å². The van der Waals surface area contributed by atoms with E-state index in [-0.39, 0.29) is 5.91 Å². The second-order valence-corrected chi connectivity index (χ2v) is 8.54. The molecule has 0 unspecified atom stereocenters. The van der Waals surface area contributed by atoms with Gasteiger partial charge in [-0.2, -0.15) is 0 Å². The quantitative estimate of drug-likeness (QED) is 0.431. The predicted molar refractivity (Wildman–Crippen MR) is 134 cm³/mol. The lowest BCUT2D eigenvalue weighted by Gasteiger charge is -2.30. The highest BCUT2D eigenvalue weighted by atomic mass is 19.1. The lowest BCUT2D eigenvalue weighted by atomic mass is 10.1. The summed E-state index contributed by atoms with van der Waals surface area (Å²) < 4.78 is 25.3. The number of ether oxygens (including phenoxy) is 1. The second kappa shape index (κ2) is 12.0. The topological polar surface area (TPSA) is 62.1 Å². The molecule has 35 heavy (non-hydrogen) atoms. The van der Waals surface area contributed by atoms with Crippen molar-refractivity contribution in [2.45, 2.75) is 20.4 Å². The fourth-order valence-electron chi connectivity index (χ4n) is 4.36. The van der Waals surface area contributed by atoms with Crippen LogP contribution in [0.4, 0.5) is 10.3 Å². The smallest absolute Gasteiger partial charge is 0.254 e. The summed E-state index contributed by atoms with van der Waals surface area (Å²) in [5.74, 6) is 0.0171. The zero-order valence-corrected chi connectivity index (χ0v) is 20.5. The number of carbonyl (C=O) groups is 1. The number of hydrogen-bond acceptors (Lipinski definition) is 6. The fourth-order valence-corrected chi connectivity index (χ4v) is 4.36. The number of aromatic nitrogens is 1. The first-order valence-corrected chi connectivity index (χ1v) is 12.2. The number of anilines is 1. The molecule has 2 heterocycles. The molecular weight excluding hydrogens is 447 g/mol. The largest absolute Gasteiger partial charge is 0.379 e. The molecule has 0 saturated carbocycles. The Morgan fingerprint density at radius 2 is 1.80 bits per heavy atom. The molecule has 1 saturated heterocycles. The van der Waals surface area contributed by atoms with Gasteiger partial charge in [-0.3, -0.25) is 9.69 Å². The van der Waals surface area contributed by atoms with Gasteiger partial charge in [-0.15, -0.1) is 0 Å². The van der Waals surface area contributed by atoms with Crippen molar-refractivity contribution in [3.8, 4) is 11.3 Å². The van der Waals surface area contributed by atoms with E-state index < -0.39 is 5.82 Å². The number of carbonyl (C=O) groups excluding carboxylic acids is 1. The molecule has 1 aliphatic heterocycles. The van der Waals surface area contributed by atoms with Gasteiger partial charge < -0.3 is 19.1 Å². The summed E-state index contributed by atoms with van der Waals surface area (Å²) in [6.45, 7) is 10.2. The van der Waals surface area contributed by atoms with E-state index >= 15 is 0 Å². The lowest BCUT2D eigenvalue weighted by Crippen LogP contribution is -2.43. The zero-order chi connectivity index (χ0) is 24.6. The Labute approximate surface area is 206 Å². The summed E-state index contributed by atoms with van der Waals surface area (Å²) >= 11 is 0. The van der Waals surface area contributed by atoms with Gasteiger partial charge in [-0.1, -0.05) is 41.6 Å². The Morgan fingerprint density at radius 1 is 1.06 bits per heavy atom. The minimum Gasteiger partial charge on any atom is -0.379 e. The molecule has 0 aliphatic carbocycles. The van der Waals surface area contributed by atoms with Crippen LogP contribution in [0.3, 0.4) is 0 Å². The molecule has 1 aromatic heterocycles. The van der Waals surface area contributed by atoms with Gasteiger partial charge >= 0.3 is 0 Å². The number of rotatable bonds is 10. The van der Waals surface area contributed by atoms with Gasteiger partial charge in [-0.25, -0.2) is 4.39 Å². The molecule has 2 aromatic carbocycles. The maximum Gasteiger partial charge on any atom is 0.254 e. The minimum absolute atomic E-state index is 0.219. The molecule has 0 N–H and O–H groups in total. The van der Waals surface area contributed by atoms with E-state index in [0.29, 0.717) is 44.3 Å². The van der Waals surface area contributed by atoms with E-state index in [1.807, 2.05) is 30.3 Å². The van der Waals surface area contributed by atoms with E-state index in [1.54, 1.807) is 17.0 Å². The van der Waals surface area contributed by atoms with Crippen LogP contribution in [0.2, 0.25) is 0 Å². The monoisotopic (exact) mass is 480 g/mol. The van der Waals surface area contributed by atoms with Crippen LogP contribution in [0.1, 0.15) is 29.8 Å². The Morgan fingerprint density at radius 3 is 2.49 bits per heavy atom. The molecule has 0 atom stereocenters. The van der Waals surface area contributed by atoms with Crippen molar-refractivity contribution in [2.75, 3.05) is 57.4 Å². The van der Waals surface area contributed by atoms with Crippen molar-refractivity contribution in [3.05, 3.63) is 71.5 Å². The fraction of sp³-hybridized carbons (Fsp3) is 0.407. The van der Waals surface area contributed by atoms with Crippen LogP contribution in [0, 0.1) is 5.82 Å². The first kappa shape index (κ1) is 24.9. The Balaban J connectivity index is 1.69. The molecule has 1 aliphatic rings. The molecule has 4 rings (SSSR count). The van der Waals surface area contributed by atoms with E-state index in [4.69, 9.17) is 9.26 Å². The molecule has 186 valence electrons. The predicted octanol–water partition coefficient (Wildman–Crippen LogP) is 4.30. The minimum atomic E-state index is -0.428. The van der Waals surface area contributed by atoms with Crippen LogP contribution in [0.5, 0.6) is 0 Å². The van der Waals surface area contributed by atoms with Gasteiger partial charge in [0.1, 0.15) is 11.5 Å². The van der Waals surface area contributed by atoms with Crippen LogP contribution in [-0.2, 0) is 11.3 Å². The number of hydrogen-bond donors (Lipinski definition) is 0. The first-order chi connectivity index (χ1) is 17.1. The molecule has 0 bridgehead atoms. The first-order valence-electron chi connectivity index (χ1n) is 12.2. The van der Waals surface area contributed by atoms with Gasteiger partial charge in [-0.05, 0) is 32.0 Å². The molecule has 0 radical (unpaired) electrons. The van der Waals surface area contributed by atoms with E-state index in [0.717, 1.165) is 43.0 Å². The summed E-state index contributed by atoms with van der Waals surface area (Å²) in [6, 6.07) is 15.7. The number of morpholine rings is 1. The average Bonchev–Trinajstić information content (AvgIpc) is 3.31. The average molecular weight is 481 g/mol. The highest BCUT2D eigenvalue weighted by Gasteiger charge is 2.26. The molecule has 1 fully saturated rings. The van der Waals surface area contributed by atoms with Crippen LogP contribution >= 0.6 is 0 Å². The molecular formula is C27H33FN4O3. The van der Waals surface area contributed by atoms with Crippen molar-refractivity contribution < 1.29 is 18.4 Å². The Hall–Kier alpha value is -3.23. The number of halogens is 1. The van der Waals surface area contributed by atoms with Crippen molar-refractivity contribution in [2.24, 2.45) is 0 Å². The van der Waals surface area contributed by atoms with Gasteiger partial charge in [0.2, 0.25) is 5.88 Å². The van der Waals surface area contributed by atoms with E-state index in [1.165, 1.54) is 12.1 Å². The second-order valence-electron chi connectivity index (χ2n) is 8.54. The highest BCUT2D eigenvalue weighted by molar-refractivity contribution is 5.94. The van der Waals surface area contributed by atoms with E-state index in [9.17, 15) is 9.18 Å². The summed E-state index contributed by atoms with van der Waals surface area (Å²) in [5.41, 5.74) is 2.83. The maximum absolute atomic E-state index is 14.0. The standard InChI is InChI=1S/C27H33FN4O3/c1-3-31(4-2)27-24(25(29-35-27)21-9-6-5-7-10-21)20-32(14-13-30-15-17-34-18-16-30)26(33)22-11-8-12-23(28)19-22/h5-12,19H,3-4,13-18,20H2,1-2H3. The molecule has 7 nitrogen and oxygen atoms in total. The van der Waals surface area contributed by atoms with Gasteiger partial charge in [0, 0.05) is 50.4 Å². The van der Waals surface area contributed by atoms with Crippen molar-refractivity contribution in [1.29, 1.82) is 0 Å². The van der Waals surface area contributed by atoms with Crippen molar-refractivity contribution in [1.82, 2.24) is 15.0 Å². The molecule has 0 spiro atoms. The van der Waals surface area contributed by atoms with E-state index in [2.05, 4.69) is 28.8 Å². The summed E-state index contributed by atoms with van der Waals surface area (Å²) in [6.07, 6.45) is 0. The SMILES string of the molecule is CCN(CC)c1onc(-c2ccccc2)c1CN(CCN1CCOCC1)C(=O)c1cccc(F)c1. The third-order valence-corrected chi connectivity index (χ3v) is 6.36. The third kappa shape index (κ3) is 6.07. The summed E-state index contributed by atoms with van der Waals surface area (Å²) in [5, 5.41) is 4.41. The molecule has 1 amide bonds. The van der Waals surface area contributed by atoms with Gasteiger partial charge in [0.15, 0.2) is 0 Å². The Bertz CT molecular complexity index is 1090. The van der Waals surface area contributed by atoms with Gasteiger partial charge in [0.05, 0.1) is 25.3 Å². The van der Waals surface area contributed by atoms with Crippen LogP contribution in [0.15, 0.2) is 59.1 Å². The van der Waals surface area contributed by atoms with Crippen LogP contribution in [-0.4, -0.2) is 73.3 Å². The molecule has 3 aromatic rings. The summed E-state index contributed by atoms with van der Waals surface area (Å²) in [4.78, 5) is 19.8. The van der Waals surface area contributed by atoms with Crippen LogP contribution < -0.4 is 4.90 Å². The molecule has 8 heteroatoms. The van der Waals surface area contributed by atoms with Gasteiger partial charge in [0.25, 0.3) is 5.91 Å². The number of benzene rings is 2.